The molecule has 0 amide bonds. The highest BCUT2D eigenvalue weighted by Gasteiger charge is 2.22. The fourth-order valence-electron chi connectivity index (χ4n) is 4.71. The molecule has 0 bridgehead atoms. The molecule has 1 saturated carbocycles. The molecule has 0 radical (unpaired) electrons. The van der Waals surface area contributed by atoms with Crippen LogP contribution in [-0.4, -0.2) is 12.1 Å². The van der Waals surface area contributed by atoms with Gasteiger partial charge in [-0.2, -0.15) is 0 Å². The van der Waals surface area contributed by atoms with Gasteiger partial charge in [-0.25, -0.2) is 4.79 Å². The van der Waals surface area contributed by atoms with E-state index in [1.807, 2.05) is 6.92 Å². The van der Waals surface area contributed by atoms with Crippen LogP contribution in [0.3, 0.4) is 0 Å². The third kappa shape index (κ3) is 6.86. The van der Waals surface area contributed by atoms with Crippen LogP contribution >= 0.6 is 0 Å². The lowest BCUT2D eigenvalue weighted by molar-refractivity contribution is -0.142. The monoisotopic (exact) mass is 404 g/mol. The smallest absolute Gasteiger partial charge is 0.330 e. The Morgan fingerprint density at radius 2 is 1.63 bits per heavy atom. The number of benzene rings is 2. The molecule has 30 heavy (non-hydrogen) atoms. The highest BCUT2D eigenvalue weighted by Crippen LogP contribution is 2.38. The summed E-state index contributed by atoms with van der Waals surface area (Å²) in [4.78, 5) is 11.2. The number of ether oxygens (including phenoxy) is 1. The average molecular weight is 405 g/mol. The van der Waals surface area contributed by atoms with E-state index in [0.717, 1.165) is 24.7 Å². The number of hydrogen-bond acceptors (Lipinski definition) is 2. The Morgan fingerprint density at radius 1 is 0.967 bits per heavy atom. The van der Waals surface area contributed by atoms with Gasteiger partial charge in [0.25, 0.3) is 0 Å². The number of unbranched alkanes of at least 4 members (excludes halogenated alkanes) is 2. The van der Waals surface area contributed by atoms with Crippen molar-refractivity contribution < 1.29 is 9.53 Å². The minimum absolute atomic E-state index is 0.000724. The molecule has 160 valence electrons. The molecule has 1 aliphatic rings. The Bertz CT molecular complexity index is 770. The van der Waals surface area contributed by atoms with Gasteiger partial charge in [-0.3, -0.25) is 0 Å². The maximum atomic E-state index is 11.2. The number of carbonyl (C=O) groups excluding carboxylic acids is 1. The van der Waals surface area contributed by atoms with Crippen molar-refractivity contribution in [2.45, 2.75) is 76.7 Å². The third-order valence-corrected chi connectivity index (χ3v) is 6.54. The Kier molecular flexibility index (Phi) is 8.74. The third-order valence-electron chi connectivity index (χ3n) is 6.54. The molecule has 1 aliphatic carbocycles. The molecule has 0 saturated heterocycles. The standard InChI is InChI=1S/C28H36O2/c1-3-28(29)30-22(2)10-6-4-7-11-23-14-16-25(17-15-23)27-20-18-26(19-21-27)24-12-8-5-9-13-24/h3,5,8-9,12-13,18-23,25H,1,4,6-7,10-11,14-17H2,2H3. The van der Waals surface area contributed by atoms with Crippen molar-refractivity contribution in [3.8, 4) is 11.1 Å². The largest absolute Gasteiger partial charge is 0.460 e. The predicted molar refractivity (Wildman–Crippen MR) is 125 cm³/mol. The highest BCUT2D eigenvalue weighted by molar-refractivity contribution is 5.81. The predicted octanol–water partition coefficient (Wildman–Crippen LogP) is 7.70. The summed E-state index contributed by atoms with van der Waals surface area (Å²) in [7, 11) is 0. The van der Waals surface area contributed by atoms with E-state index in [0.29, 0.717) is 0 Å². The summed E-state index contributed by atoms with van der Waals surface area (Å²) in [6.45, 7) is 5.41. The fourth-order valence-corrected chi connectivity index (χ4v) is 4.71. The van der Waals surface area contributed by atoms with Crippen LogP contribution in [0.4, 0.5) is 0 Å². The first kappa shape index (κ1) is 22.3. The molecule has 2 nitrogen and oxygen atoms in total. The zero-order valence-electron chi connectivity index (χ0n) is 18.4. The molecule has 3 rings (SSSR count). The molecule has 0 aliphatic heterocycles. The molecule has 0 heterocycles. The van der Waals surface area contributed by atoms with Crippen LogP contribution in [0, 0.1) is 5.92 Å². The molecule has 2 aromatic rings. The number of rotatable bonds is 10. The molecular weight excluding hydrogens is 368 g/mol. The molecule has 1 unspecified atom stereocenters. The van der Waals surface area contributed by atoms with Gasteiger partial charge in [0.2, 0.25) is 0 Å². The Morgan fingerprint density at radius 3 is 2.30 bits per heavy atom. The van der Waals surface area contributed by atoms with Gasteiger partial charge >= 0.3 is 5.97 Å². The van der Waals surface area contributed by atoms with Crippen LogP contribution in [0.1, 0.15) is 76.2 Å². The quantitative estimate of drug-likeness (QED) is 0.230. The Hall–Kier alpha value is -2.35. The molecule has 0 N–H and O–H groups in total. The van der Waals surface area contributed by atoms with Gasteiger partial charge in [-0.05, 0) is 74.0 Å². The van der Waals surface area contributed by atoms with Crippen molar-refractivity contribution in [1.82, 2.24) is 0 Å². The van der Waals surface area contributed by atoms with Gasteiger partial charge < -0.3 is 4.74 Å². The minimum atomic E-state index is -0.311. The zero-order valence-corrected chi connectivity index (χ0v) is 18.4. The van der Waals surface area contributed by atoms with Crippen molar-refractivity contribution in [2.24, 2.45) is 5.92 Å². The lowest BCUT2D eigenvalue weighted by Gasteiger charge is -2.29. The second kappa shape index (κ2) is 11.7. The molecule has 1 fully saturated rings. The second-order valence-electron chi connectivity index (χ2n) is 8.80. The van der Waals surface area contributed by atoms with Gasteiger partial charge in [-0.1, -0.05) is 80.4 Å². The van der Waals surface area contributed by atoms with Gasteiger partial charge in [-0.15, -0.1) is 0 Å². The van der Waals surface area contributed by atoms with Gasteiger partial charge in [0, 0.05) is 6.08 Å². The first-order valence-corrected chi connectivity index (χ1v) is 11.6. The molecule has 0 spiro atoms. The SMILES string of the molecule is C=CC(=O)OC(C)CCCCCC1CCC(c2ccc(-c3ccccc3)cc2)CC1. The van der Waals surface area contributed by atoms with Crippen LogP contribution in [0.5, 0.6) is 0 Å². The normalized spacial score (nSPS) is 19.8. The van der Waals surface area contributed by atoms with Crippen LogP contribution < -0.4 is 0 Å². The van der Waals surface area contributed by atoms with Gasteiger partial charge in [0.1, 0.15) is 0 Å². The summed E-state index contributed by atoms with van der Waals surface area (Å²) in [5.74, 6) is 1.31. The van der Waals surface area contributed by atoms with E-state index in [4.69, 9.17) is 4.74 Å². The molecule has 1 atom stereocenters. The zero-order chi connectivity index (χ0) is 21.2. The van der Waals surface area contributed by atoms with E-state index in [9.17, 15) is 4.79 Å². The van der Waals surface area contributed by atoms with Crippen molar-refractivity contribution in [2.75, 3.05) is 0 Å². The van der Waals surface area contributed by atoms with Crippen LogP contribution in [0.25, 0.3) is 11.1 Å². The van der Waals surface area contributed by atoms with Gasteiger partial charge in [0.05, 0.1) is 6.10 Å². The Balaban J connectivity index is 1.33. The summed E-state index contributed by atoms with van der Waals surface area (Å²) >= 11 is 0. The van der Waals surface area contributed by atoms with Crippen molar-refractivity contribution in [3.05, 3.63) is 72.8 Å². The lowest BCUT2D eigenvalue weighted by Crippen LogP contribution is -2.14. The maximum absolute atomic E-state index is 11.2. The van der Waals surface area contributed by atoms with Crippen molar-refractivity contribution in [3.63, 3.8) is 0 Å². The summed E-state index contributed by atoms with van der Waals surface area (Å²) in [5.41, 5.74) is 4.11. The van der Waals surface area contributed by atoms with E-state index in [2.05, 4.69) is 61.2 Å². The fraction of sp³-hybridized carbons (Fsp3) is 0.464. The average Bonchev–Trinajstić information content (AvgIpc) is 2.80. The van der Waals surface area contributed by atoms with E-state index in [-0.39, 0.29) is 12.1 Å². The Labute approximate surface area is 182 Å². The van der Waals surface area contributed by atoms with Crippen LogP contribution in [0.2, 0.25) is 0 Å². The van der Waals surface area contributed by atoms with Crippen LogP contribution in [0.15, 0.2) is 67.3 Å². The second-order valence-corrected chi connectivity index (χ2v) is 8.80. The number of hydrogen-bond donors (Lipinski definition) is 0. The maximum Gasteiger partial charge on any atom is 0.330 e. The molecule has 2 heteroatoms. The highest BCUT2D eigenvalue weighted by atomic mass is 16.5. The first-order chi connectivity index (χ1) is 14.7. The topological polar surface area (TPSA) is 26.3 Å². The minimum Gasteiger partial charge on any atom is -0.460 e. The molecule has 2 aromatic carbocycles. The summed E-state index contributed by atoms with van der Waals surface area (Å²) < 4.78 is 5.23. The molecular formula is C28H36O2. The summed E-state index contributed by atoms with van der Waals surface area (Å²) in [6, 6.07) is 19.9. The number of carbonyl (C=O) groups is 1. The van der Waals surface area contributed by atoms with E-state index < -0.39 is 0 Å². The summed E-state index contributed by atoms with van der Waals surface area (Å²) in [6.07, 6.45) is 12.6. The van der Waals surface area contributed by atoms with Crippen molar-refractivity contribution in [1.29, 1.82) is 0 Å². The summed E-state index contributed by atoms with van der Waals surface area (Å²) in [5, 5.41) is 0. The lowest BCUT2D eigenvalue weighted by atomic mass is 9.77. The van der Waals surface area contributed by atoms with E-state index in [1.54, 1.807) is 0 Å². The van der Waals surface area contributed by atoms with Crippen molar-refractivity contribution >= 4 is 5.97 Å². The number of esters is 1. The van der Waals surface area contributed by atoms with Crippen LogP contribution in [-0.2, 0) is 9.53 Å². The van der Waals surface area contributed by atoms with E-state index in [1.165, 1.54) is 67.7 Å². The van der Waals surface area contributed by atoms with Gasteiger partial charge in [0.15, 0.2) is 0 Å². The van der Waals surface area contributed by atoms with E-state index >= 15 is 0 Å². The first-order valence-electron chi connectivity index (χ1n) is 11.6. The molecule has 0 aromatic heterocycles.